The summed E-state index contributed by atoms with van der Waals surface area (Å²) in [4.78, 5) is 8.71. The van der Waals surface area contributed by atoms with E-state index in [1.807, 2.05) is 24.3 Å². The molecule has 5 heteroatoms. The van der Waals surface area contributed by atoms with Gasteiger partial charge in [0.25, 0.3) is 0 Å². The van der Waals surface area contributed by atoms with Crippen molar-refractivity contribution in [2.24, 2.45) is 0 Å². The van der Waals surface area contributed by atoms with Gasteiger partial charge in [-0.25, -0.2) is 18.7 Å². The highest BCUT2D eigenvalue weighted by atomic mass is 19.2. The molecule has 160 valence electrons. The minimum atomic E-state index is -0.847. The molecule has 0 amide bonds. The fourth-order valence-electron chi connectivity index (χ4n) is 3.26. The first-order valence-corrected chi connectivity index (χ1v) is 10.3. The molecule has 1 N–H and O–H groups in total. The zero-order valence-corrected chi connectivity index (χ0v) is 17.6. The van der Waals surface area contributed by atoms with Gasteiger partial charge in [0.15, 0.2) is 17.5 Å². The molecule has 2 aromatic carbocycles. The highest BCUT2D eigenvalue weighted by Crippen LogP contribution is 2.29. The highest BCUT2D eigenvalue weighted by Gasteiger charge is 2.14. The van der Waals surface area contributed by atoms with Gasteiger partial charge in [0.05, 0.1) is 6.10 Å². The number of hydrogen-bond donors (Lipinski definition) is 1. The number of rotatable bonds is 9. The Balaban J connectivity index is 1.70. The van der Waals surface area contributed by atoms with Crippen LogP contribution in [0.4, 0.5) is 8.78 Å². The quantitative estimate of drug-likeness (QED) is 0.323. The number of aliphatic hydroxyl groups is 1. The Hall–Kier alpha value is -3.18. The molecule has 0 aliphatic rings. The topological polar surface area (TPSA) is 46.0 Å². The van der Waals surface area contributed by atoms with E-state index in [4.69, 9.17) is 0 Å². The fraction of sp³-hybridized carbons (Fsp3) is 0.231. The molecule has 1 unspecified atom stereocenters. The Bertz CT molecular complexity index is 1040. The summed E-state index contributed by atoms with van der Waals surface area (Å²) < 4.78 is 28.7. The van der Waals surface area contributed by atoms with Gasteiger partial charge >= 0.3 is 0 Å². The van der Waals surface area contributed by atoms with E-state index in [1.54, 1.807) is 49.7 Å². The summed E-state index contributed by atoms with van der Waals surface area (Å²) in [5.41, 5.74) is 2.85. The summed E-state index contributed by atoms with van der Waals surface area (Å²) in [5, 5.41) is 9.26. The molecular weight excluding hydrogens is 394 g/mol. The monoisotopic (exact) mass is 420 g/mol. The van der Waals surface area contributed by atoms with Gasteiger partial charge in [-0.2, -0.15) is 0 Å². The first-order chi connectivity index (χ1) is 15.0. The molecule has 0 spiro atoms. The molecule has 1 atom stereocenters. The maximum absolute atomic E-state index is 14.5. The normalized spacial score (nSPS) is 12.3. The van der Waals surface area contributed by atoms with Crippen LogP contribution in [0.3, 0.4) is 0 Å². The fourth-order valence-corrected chi connectivity index (χ4v) is 3.26. The van der Waals surface area contributed by atoms with E-state index in [2.05, 4.69) is 16.5 Å². The summed E-state index contributed by atoms with van der Waals surface area (Å²) in [7, 11) is 0. The van der Waals surface area contributed by atoms with Crippen LogP contribution < -0.4 is 0 Å². The van der Waals surface area contributed by atoms with Crippen LogP contribution in [-0.2, 0) is 6.42 Å². The predicted molar refractivity (Wildman–Crippen MR) is 121 cm³/mol. The predicted octanol–water partition coefficient (Wildman–Crippen LogP) is 6.38. The van der Waals surface area contributed by atoms with Crippen LogP contribution in [0.1, 0.15) is 37.6 Å². The van der Waals surface area contributed by atoms with Crippen molar-refractivity contribution in [3.05, 3.63) is 90.5 Å². The Labute approximate surface area is 181 Å². The van der Waals surface area contributed by atoms with E-state index in [0.29, 0.717) is 17.0 Å². The van der Waals surface area contributed by atoms with Gasteiger partial charge in [0, 0.05) is 23.5 Å². The van der Waals surface area contributed by atoms with Crippen molar-refractivity contribution in [2.45, 2.75) is 38.7 Å². The molecule has 0 saturated carbocycles. The molecular formula is C26H26F2N2O. The van der Waals surface area contributed by atoms with E-state index < -0.39 is 11.6 Å². The summed E-state index contributed by atoms with van der Waals surface area (Å²) >= 11 is 0. The van der Waals surface area contributed by atoms with Crippen molar-refractivity contribution in [1.29, 1.82) is 0 Å². The lowest BCUT2D eigenvalue weighted by Crippen LogP contribution is -1.97. The number of nitrogens with zero attached hydrogens (tertiary/aromatic N) is 2. The van der Waals surface area contributed by atoms with Crippen LogP contribution >= 0.6 is 0 Å². The van der Waals surface area contributed by atoms with E-state index in [0.717, 1.165) is 30.4 Å². The molecule has 0 radical (unpaired) electrons. The lowest BCUT2D eigenvalue weighted by atomic mass is 9.99. The van der Waals surface area contributed by atoms with Crippen molar-refractivity contribution < 1.29 is 13.9 Å². The van der Waals surface area contributed by atoms with Gasteiger partial charge in [0.2, 0.25) is 0 Å². The van der Waals surface area contributed by atoms with Crippen LogP contribution in [0.15, 0.2) is 67.5 Å². The van der Waals surface area contributed by atoms with Crippen molar-refractivity contribution in [3.8, 4) is 22.3 Å². The molecule has 3 rings (SSSR count). The number of unbranched alkanes of at least 4 members (excludes halogenated alkanes) is 1. The van der Waals surface area contributed by atoms with Crippen LogP contribution in [0.2, 0.25) is 0 Å². The lowest BCUT2D eigenvalue weighted by molar-refractivity contribution is 0.182. The van der Waals surface area contributed by atoms with Crippen LogP contribution in [0.25, 0.3) is 28.3 Å². The molecule has 0 saturated heterocycles. The van der Waals surface area contributed by atoms with Crippen molar-refractivity contribution in [2.75, 3.05) is 0 Å². The van der Waals surface area contributed by atoms with Gasteiger partial charge in [-0.05, 0) is 55.4 Å². The first-order valence-electron chi connectivity index (χ1n) is 10.3. The zero-order chi connectivity index (χ0) is 22.2. The van der Waals surface area contributed by atoms with Crippen molar-refractivity contribution in [3.63, 3.8) is 0 Å². The van der Waals surface area contributed by atoms with Gasteiger partial charge < -0.3 is 5.11 Å². The number of allylic oxidation sites excluding steroid dienone is 2. The third-order valence-electron chi connectivity index (χ3n) is 4.99. The van der Waals surface area contributed by atoms with E-state index in [1.165, 1.54) is 0 Å². The third kappa shape index (κ3) is 5.92. The molecule has 3 nitrogen and oxygen atoms in total. The van der Waals surface area contributed by atoms with E-state index in [9.17, 15) is 13.9 Å². The Morgan fingerprint density at radius 1 is 0.968 bits per heavy atom. The molecule has 0 aliphatic heterocycles. The smallest absolute Gasteiger partial charge is 0.166 e. The Kier molecular flexibility index (Phi) is 7.79. The summed E-state index contributed by atoms with van der Waals surface area (Å²) in [6, 6.07) is 10.4. The standard InChI is InChI=1S/C26H26F2N2O/c1-3-7-21-14-15-23(26(28)25(21)27)20-12-10-19(11-13-20)22-16-29-24(30-17-22)9-6-4-5-8-18(2)31/h3,6,9-18,31H,1,4-5,7-8H2,2H3. The van der Waals surface area contributed by atoms with E-state index in [-0.39, 0.29) is 18.1 Å². The van der Waals surface area contributed by atoms with E-state index >= 15 is 0 Å². The molecule has 31 heavy (non-hydrogen) atoms. The maximum atomic E-state index is 14.5. The maximum Gasteiger partial charge on any atom is 0.166 e. The highest BCUT2D eigenvalue weighted by molar-refractivity contribution is 5.70. The first kappa shape index (κ1) is 22.5. The Morgan fingerprint density at radius 2 is 1.65 bits per heavy atom. The number of halogens is 2. The second-order valence-electron chi connectivity index (χ2n) is 7.48. The minimum absolute atomic E-state index is 0.226. The second-order valence-corrected chi connectivity index (χ2v) is 7.48. The third-order valence-corrected chi connectivity index (χ3v) is 4.99. The summed E-state index contributed by atoms with van der Waals surface area (Å²) in [6.45, 7) is 5.35. The SMILES string of the molecule is C=CCc1ccc(-c2ccc(-c3cnc(C=CCCCC(C)O)nc3)cc2)c(F)c1F. The largest absolute Gasteiger partial charge is 0.393 e. The minimum Gasteiger partial charge on any atom is -0.393 e. The Morgan fingerprint density at radius 3 is 2.29 bits per heavy atom. The van der Waals surface area contributed by atoms with Gasteiger partial charge in [-0.1, -0.05) is 48.6 Å². The van der Waals surface area contributed by atoms with Crippen molar-refractivity contribution in [1.82, 2.24) is 9.97 Å². The van der Waals surface area contributed by atoms with Crippen LogP contribution in [0.5, 0.6) is 0 Å². The summed E-state index contributed by atoms with van der Waals surface area (Å²) in [6.07, 6.45) is 11.5. The summed E-state index contributed by atoms with van der Waals surface area (Å²) in [5.74, 6) is -1.06. The molecule has 1 aromatic heterocycles. The number of aromatic nitrogens is 2. The number of benzene rings is 2. The molecule has 0 aliphatic carbocycles. The number of aliphatic hydroxyl groups excluding tert-OH is 1. The molecule has 0 bridgehead atoms. The molecule has 1 heterocycles. The van der Waals surface area contributed by atoms with Crippen LogP contribution in [0, 0.1) is 11.6 Å². The lowest BCUT2D eigenvalue weighted by Gasteiger charge is -2.09. The average molecular weight is 421 g/mol. The van der Waals surface area contributed by atoms with Gasteiger partial charge in [-0.15, -0.1) is 6.58 Å². The second kappa shape index (κ2) is 10.7. The molecule has 0 fully saturated rings. The van der Waals surface area contributed by atoms with Crippen molar-refractivity contribution >= 4 is 6.08 Å². The van der Waals surface area contributed by atoms with Crippen LogP contribution in [-0.4, -0.2) is 21.2 Å². The number of hydrogen-bond acceptors (Lipinski definition) is 3. The van der Waals surface area contributed by atoms with Gasteiger partial charge in [0.1, 0.15) is 0 Å². The average Bonchev–Trinajstić information content (AvgIpc) is 2.77. The van der Waals surface area contributed by atoms with Gasteiger partial charge in [-0.3, -0.25) is 0 Å². The molecule has 3 aromatic rings. The zero-order valence-electron chi connectivity index (χ0n) is 17.6.